The van der Waals surface area contributed by atoms with E-state index in [1.165, 1.54) is 0 Å². The highest BCUT2D eigenvalue weighted by atomic mass is 16.5. The van der Waals surface area contributed by atoms with Crippen molar-refractivity contribution in [3.8, 4) is 5.75 Å². The highest BCUT2D eigenvalue weighted by molar-refractivity contribution is 5.94. The van der Waals surface area contributed by atoms with Gasteiger partial charge in [0.25, 0.3) is 5.91 Å². The molecule has 1 amide bonds. The monoisotopic (exact) mass is 348 g/mol. The van der Waals surface area contributed by atoms with Crippen molar-refractivity contribution in [3.63, 3.8) is 0 Å². The summed E-state index contributed by atoms with van der Waals surface area (Å²) < 4.78 is 7.46. The van der Waals surface area contributed by atoms with Crippen molar-refractivity contribution < 1.29 is 9.53 Å². The normalized spacial score (nSPS) is 16.2. The summed E-state index contributed by atoms with van der Waals surface area (Å²) in [5, 5.41) is 0. The van der Waals surface area contributed by atoms with Crippen molar-refractivity contribution in [1.82, 2.24) is 19.4 Å². The van der Waals surface area contributed by atoms with Crippen LogP contribution in [0.4, 0.5) is 0 Å². The Kier molecular flexibility index (Phi) is 4.16. The smallest absolute Gasteiger partial charge is 0.273 e. The maximum Gasteiger partial charge on any atom is 0.273 e. The molecule has 4 rings (SSSR count). The highest BCUT2D eigenvalue weighted by Crippen LogP contribution is 2.32. The van der Waals surface area contributed by atoms with Gasteiger partial charge in [-0.1, -0.05) is 18.2 Å². The number of hydrogen-bond acceptors (Lipinski definition) is 4. The standard InChI is InChI=1S/C20H20N4O2/c1-14-5-4-8-22-19(14)20(25)24-13-18-21-9-10-23(18)12-17(24)15-6-3-7-16(11-15)26-2/h3-11,17H,12-13H2,1-2H3. The lowest BCUT2D eigenvalue weighted by atomic mass is 10.0. The quantitative estimate of drug-likeness (QED) is 0.730. The van der Waals surface area contributed by atoms with E-state index in [0.29, 0.717) is 18.8 Å². The minimum Gasteiger partial charge on any atom is -0.497 e. The molecule has 3 heterocycles. The van der Waals surface area contributed by atoms with Gasteiger partial charge < -0.3 is 14.2 Å². The van der Waals surface area contributed by atoms with Gasteiger partial charge in [0, 0.05) is 25.1 Å². The number of rotatable bonds is 3. The fourth-order valence-corrected chi connectivity index (χ4v) is 3.40. The van der Waals surface area contributed by atoms with Gasteiger partial charge in [0.05, 0.1) is 19.7 Å². The van der Waals surface area contributed by atoms with E-state index < -0.39 is 0 Å². The van der Waals surface area contributed by atoms with Crippen LogP contribution in [-0.2, 0) is 13.1 Å². The number of hydrogen-bond donors (Lipinski definition) is 0. The van der Waals surface area contributed by atoms with Gasteiger partial charge in [-0.15, -0.1) is 0 Å². The van der Waals surface area contributed by atoms with Gasteiger partial charge in [-0.25, -0.2) is 4.98 Å². The summed E-state index contributed by atoms with van der Waals surface area (Å²) in [5.41, 5.74) is 2.39. The van der Waals surface area contributed by atoms with E-state index in [2.05, 4.69) is 14.5 Å². The van der Waals surface area contributed by atoms with E-state index in [1.807, 2.05) is 54.4 Å². The van der Waals surface area contributed by atoms with Crippen molar-refractivity contribution >= 4 is 5.91 Å². The number of carbonyl (C=O) groups excluding carboxylic acids is 1. The molecule has 0 aliphatic carbocycles. The average molecular weight is 348 g/mol. The molecule has 1 aliphatic rings. The Bertz CT molecular complexity index is 950. The Balaban J connectivity index is 1.76. The number of fused-ring (bicyclic) bond motifs is 1. The van der Waals surface area contributed by atoms with E-state index in [1.54, 1.807) is 19.5 Å². The molecule has 0 saturated carbocycles. The molecule has 1 aliphatic heterocycles. The molecule has 1 aromatic carbocycles. The molecule has 6 heteroatoms. The van der Waals surface area contributed by atoms with Crippen molar-refractivity contribution in [2.75, 3.05) is 7.11 Å². The summed E-state index contributed by atoms with van der Waals surface area (Å²) in [6, 6.07) is 11.5. The number of carbonyl (C=O) groups is 1. The zero-order valence-electron chi connectivity index (χ0n) is 14.8. The van der Waals surface area contributed by atoms with E-state index in [0.717, 1.165) is 22.7 Å². The summed E-state index contributed by atoms with van der Waals surface area (Å²) in [4.78, 5) is 23.8. The third-order valence-electron chi connectivity index (χ3n) is 4.81. The average Bonchev–Trinajstić information content (AvgIpc) is 3.14. The van der Waals surface area contributed by atoms with Crippen LogP contribution in [0.3, 0.4) is 0 Å². The second-order valence-corrected chi connectivity index (χ2v) is 6.39. The summed E-state index contributed by atoms with van der Waals surface area (Å²) in [7, 11) is 1.65. The van der Waals surface area contributed by atoms with Gasteiger partial charge in [-0.3, -0.25) is 9.78 Å². The molecule has 132 valence electrons. The Morgan fingerprint density at radius 3 is 2.88 bits per heavy atom. The third-order valence-corrected chi connectivity index (χ3v) is 4.81. The van der Waals surface area contributed by atoms with Gasteiger partial charge in [-0.2, -0.15) is 0 Å². The number of imidazole rings is 1. The number of ether oxygens (including phenoxy) is 1. The van der Waals surface area contributed by atoms with Crippen molar-refractivity contribution in [1.29, 1.82) is 0 Å². The molecular weight excluding hydrogens is 328 g/mol. The fourth-order valence-electron chi connectivity index (χ4n) is 3.40. The number of amides is 1. The van der Waals surface area contributed by atoms with Crippen LogP contribution in [0.15, 0.2) is 55.0 Å². The molecule has 0 saturated heterocycles. The highest BCUT2D eigenvalue weighted by Gasteiger charge is 2.33. The molecule has 0 radical (unpaired) electrons. The van der Waals surface area contributed by atoms with Crippen LogP contribution in [0.25, 0.3) is 0 Å². The predicted octanol–water partition coefficient (Wildman–Crippen LogP) is 2.99. The topological polar surface area (TPSA) is 60.2 Å². The SMILES string of the molecule is COc1cccc(C2Cn3ccnc3CN2C(=O)c2ncccc2C)c1. The van der Waals surface area contributed by atoms with Crippen molar-refractivity contribution in [2.24, 2.45) is 0 Å². The van der Waals surface area contributed by atoms with Gasteiger partial charge in [-0.05, 0) is 36.2 Å². The lowest BCUT2D eigenvalue weighted by Gasteiger charge is -2.36. The summed E-state index contributed by atoms with van der Waals surface area (Å²) >= 11 is 0. The van der Waals surface area contributed by atoms with Crippen molar-refractivity contribution in [2.45, 2.75) is 26.1 Å². The maximum absolute atomic E-state index is 13.3. The molecule has 2 aromatic heterocycles. The van der Waals surface area contributed by atoms with E-state index in [-0.39, 0.29) is 11.9 Å². The second kappa shape index (κ2) is 6.63. The summed E-state index contributed by atoms with van der Waals surface area (Å²) in [6.45, 7) is 3.01. The number of benzene rings is 1. The first-order valence-corrected chi connectivity index (χ1v) is 8.54. The molecule has 0 spiro atoms. The fraction of sp³-hybridized carbons (Fsp3) is 0.250. The molecule has 26 heavy (non-hydrogen) atoms. The van der Waals surface area contributed by atoms with Crippen LogP contribution in [0.1, 0.15) is 33.5 Å². The minimum absolute atomic E-state index is 0.0785. The minimum atomic E-state index is -0.110. The lowest BCUT2D eigenvalue weighted by Crippen LogP contribution is -2.41. The van der Waals surface area contributed by atoms with Gasteiger partial charge in [0.2, 0.25) is 0 Å². The van der Waals surface area contributed by atoms with Gasteiger partial charge >= 0.3 is 0 Å². The molecule has 0 bridgehead atoms. The predicted molar refractivity (Wildman–Crippen MR) is 96.8 cm³/mol. The first-order valence-electron chi connectivity index (χ1n) is 8.54. The zero-order chi connectivity index (χ0) is 18.1. The van der Waals surface area contributed by atoms with E-state index in [4.69, 9.17) is 4.74 Å². The molecule has 0 fully saturated rings. The van der Waals surface area contributed by atoms with Gasteiger partial charge in [0.1, 0.15) is 17.3 Å². The Labute approximate surface area is 152 Å². The van der Waals surface area contributed by atoms with Crippen molar-refractivity contribution in [3.05, 3.63) is 77.6 Å². The Hall–Kier alpha value is -3.15. The molecule has 1 unspecified atom stereocenters. The van der Waals surface area contributed by atoms with Crippen LogP contribution in [0.2, 0.25) is 0 Å². The van der Waals surface area contributed by atoms with Crippen LogP contribution < -0.4 is 4.74 Å². The second-order valence-electron chi connectivity index (χ2n) is 6.39. The zero-order valence-corrected chi connectivity index (χ0v) is 14.8. The third kappa shape index (κ3) is 2.83. The van der Waals surface area contributed by atoms with Gasteiger partial charge in [0.15, 0.2) is 0 Å². The van der Waals surface area contributed by atoms with Crippen LogP contribution in [0, 0.1) is 6.92 Å². The molecule has 0 N–H and O–H groups in total. The van der Waals surface area contributed by atoms with Crippen LogP contribution in [0.5, 0.6) is 5.75 Å². The number of nitrogens with zero attached hydrogens (tertiary/aromatic N) is 4. The number of aryl methyl sites for hydroxylation is 1. The first-order chi connectivity index (χ1) is 12.7. The largest absolute Gasteiger partial charge is 0.497 e. The van der Waals surface area contributed by atoms with Crippen LogP contribution in [-0.4, -0.2) is 32.5 Å². The van der Waals surface area contributed by atoms with E-state index in [9.17, 15) is 4.79 Å². The maximum atomic E-state index is 13.3. The lowest BCUT2D eigenvalue weighted by molar-refractivity contribution is 0.0577. The first kappa shape index (κ1) is 16.3. The van der Waals surface area contributed by atoms with Crippen LogP contribution >= 0.6 is 0 Å². The number of aromatic nitrogens is 3. The Morgan fingerprint density at radius 1 is 1.19 bits per heavy atom. The summed E-state index contributed by atoms with van der Waals surface area (Å²) in [5.74, 6) is 1.58. The summed E-state index contributed by atoms with van der Waals surface area (Å²) in [6.07, 6.45) is 5.39. The van der Waals surface area contributed by atoms with E-state index >= 15 is 0 Å². The number of pyridine rings is 1. The molecule has 3 aromatic rings. The molecule has 6 nitrogen and oxygen atoms in total. The Morgan fingerprint density at radius 2 is 2.08 bits per heavy atom. The molecule has 1 atom stereocenters. The number of methoxy groups -OCH3 is 1. The molecular formula is C20H20N4O2.